The first kappa shape index (κ1) is 14.4. The van der Waals surface area contributed by atoms with Crippen molar-refractivity contribution in [3.63, 3.8) is 0 Å². The van der Waals surface area contributed by atoms with Crippen LogP contribution in [0.3, 0.4) is 0 Å². The van der Waals surface area contributed by atoms with Crippen LogP contribution in [0.2, 0.25) is 0 Å². The van der Waals surface area contributed by atoms with Gasteiger partial charge in [-0.15, -0.1) is 0 Å². The molecular weight excluding hydrogens is 236 g/mol. The van der Waals surface area contributed by atoms with Gasteiger partial charge in [0.1, 0.15) is 5.75 Å². The highest BCUT2D eigenvalue weighted by atomic mass is 16.5. The third-order valence-electron chi connectivity index (χ3n) is 3.58. The first-order valence-electron chi connectivity index (χ1n) is 7.23. The molecule has 1 fully saturated rings. The number of benzene rings is 1. The summed E-state index contributed by atoms with van der Waals surface area (Å²) in [4.78, 5) is 0. The number of hydrogen-bond acceptors (Lipinski definition) is 3. The van der Waals surface area contributed by atoms with Gasteiger partial charge in [0.2, 0.25) is 0 Å². The first-order chi connectivity index (χ1) is 9.05. The molecule has 0 spiro atoms. The molecule has 0 bridgehead atoms. The Hall–Kier alpha value is -1.06. The molecule has 1 unspecified atom stereocenters. The summed E-state index contributed by atoms with van der Waals surface area (Å²) in [6, 6.07) is 9.02. The van der Waals surface area contributed by atoms with Gasteiger partial charge in [0.05, 0.1) is 6.61 Å². The lowest BCUT2D eigenvalue weighted by Gasteiger charge is -2.24. The molecular formula is C16H26N2O. The molecule has 0 saturated carbocycles. The highest BCUT2D eigenvalue weighted by Crippen LogP contribution is 2.24. The minimum Gasteiger partial charge on any atom is -0.494 e. The summed E-state index contributed by atoms with van der Waals surface area (Å²) >= 11 is 0. The normalized spacial score (nSPS) is 20.3. The number of piperazine rings is 1. The fourth-order valence-electron chi connectivity index (χ4n) is 2.29. The highest BCUT2D eigenvalue weighted by molar-refractivity contribution is 5.31. The molecule has 0 aliphatic carbocycles. The van der Waals surface area contributed by atoms with E-state index in [1.54, 1.807) is 0 Å². The van der Waals surface area contributed by atoms with Gasteiger partial charge in [-0.3, -0.25) is 0 Å². The molecule has 106 valence electrons. The zero-order valence-electron chi connectivity index (χ0n) is 12.3. The van der Waals surface area contributed by atoms with E-state index in [4.69, 9.17) is 4.74 Å². The zero-order chi connectivity index (χ0) is 13.7. The molecule has 2 rings (SSSR count). The van der Waals surface area contributed by atoms with Gasteiger partial charge < -0.3 is 15.4 Å². The first-order valence-corrected chi connectivity index (χ1v) is 7.23. The molecule has 0 radical (unpaired) electrons. The van der Waals surface area contributed by atoms with E-state index < -0.39 is 0 Å². The van der Waals surface area contributed by atoms with Crippen LogP contribution in [0, 0.1) is 0 Å². The second-order valence-corrected chi connectivity index (χ2v) is 6.27. The van der Waals surface area contributed by atoms with Crippen LogP contribution in [0.4, 0.5) is 0 Å². The maximum atomic E-state index is 5.81. The van der Waals surface area contributed by atoms with Gasteiger partial charge in [-0.1, -0.05) is 32.9 Å². The van der Waals surface area contributed by atoms with Crippen LogP contribution in [0.1, 0.15) is 32.8 Å². The van der Waals surface area contributed by atoms with E-state index in [-0.39, 0.29) is 5.41 Å². The van der Waals surface area contributed by atoms with Gasteiger partial charge in [-0.25, -0.2) is 0 Å². The van der Waals surface area contributed by atoms with Crippen molar-refractivity contribution in [3.8, 4) is 5.75 Å². The third kappa shape index (κ3) is 4.51. The van der Waals surface area contributed by atoms with Gasteiger partial charge >= 0.3 is 0 Å². The van der Waals surface area contributed by atoms with Crippen molar-refractivity contribution in [2.24, 2.45) is 0 Å². The molecule has 1 aromatic carbocycles. The van der Waals surface area contributed by atoms with Crippen LogP contribution in [0.15, 0.2) is 24.3 Å². The molecule has 1 aromatic rings. The molecule has 2 N–H and O–H groups in total. The Balaban J connectivity index is 1.76. The van der Waals surface area contributed by atoms with Crippen LogP contribution in [-0.2, 0) is 5.41 Å². The van der Waals surface area contributed by atoms with Gasteiger partial charge in [0.25, 0.3) is 0 Å². The topological polar surface area (TPSA) is 33.3 Å². The average molecular weight is 262 g/mol. The quantitative estimate of drug-likeness (QED) is 0.873. The molecule has 1 heterocycles. The number of ether oxygens (including phenoxy) is 1. The van der Waals surface area contributed by atoms with Crippen LogP contribution in [0.25, 0.3) is 0 Å². The van der Waals surface area contributed by atoms with Crippen molar-refractivity contribution in [1.82, 2.24) is 10.6 Å². The summed E-state index contributed by atoms with van der Waals surface area (Å²) in [5, 5.41) is 6.88. The standard InChI is InChI=1S/C16H26N2O/c1-16(2,3)13-4-6-15(7-5-13)19-11-8-14-12-17-9-10-18-14/h4-7,14,17-18H,8-12H2,1-3H3. The van der Waals surface area contributed by atoms with E-state index in [9.17, 15) is 0 Å². The number of rotatable bonds is 4. The smallest absolute Gasteiger partial charge is 0.119 e. The Morgan fingerprint density at radius 3 is 2.47 bits per heavy atom. The van der Waals surface area contributed by atoms with E-state index >= 15 is 0 Å². The van der Waals surface area contributed by atoms with E-state index in [1.807, 2.05) is 0 Å². The molecule has 19 heavy (non-hydrogen) atoms. The lowest BCUT2D eigenvalue weighted by molar-refractivity contribution is 0.273. The lowest BCUT2D eigenvalue weighted by atomic mass is 9.87. The maximum absolute atomic E-state index is 5.81. The summed E-state index contributed by atoms with van der Waals surface area (Å²) < 4.78 is 5.81. The van der Waals surface area contributed by atoms with Crippen LogP contribution in [-0.4, -0.2) is 32.3 Å². The molecule has 3 nitrogen and oxygen atoms in total. The Bertz CT molecular complexity index is 375. The Morgan fingerprint density at radius 2 is 1.89 bits per heavy atom. The minimum absolute atomic E-state index is 0.205. The molecule has 0 aromatic heterocycles. The number of hydrogen-bond donors (Lipinski definition) is 2. The van der Waals surface area contributed by atoms with E-state index in [1.165, 1.54) is 5.56 Å². The van der Waals surface area contributed by atoms with Crippen LogP contribution in [0.5, 0.6) is 5.75 Å². The van der Waals surface area contributed by atoms with Crippen molar-refractivity contribution in [3.05, 3.63) is 29.8 Å². The Kier molecular flexibility index (Phi) is 4.83. The zero-order valence-corrected chi connectivity index (χ0v) is 12.3. The van der Waals surface area contributed by atoms with Crippen LogP contribution < -0.4 is 15.4 Å². The molecule has 1 aliphatic rings. The number of nitrogens with one attached hydrogen (secondary N) is 2. The summed E-state index contributed by atoms with van der Waals surface area (Å²) in [6.45, 7) is 10.6. The fourth-order valence-corrected chi connectivity index (χ4v) is 2.29. The molecule has 1 aliphatic heterocycles. The average Bonchev–Trinajstić information content (AvgIpc) is 2.39. The Labute approximate surface area is 116 Å². The van der Waals surface area contributed by atoms with Crippen molar-refractivity contribution in [1.29, 1.82) is 0 Å². The molecule has 1 saturated heterocycles. The maximum Gasteiger partial charge on any atom is 0.119 e. The predicted molar refractivity (Wildman–Crippen MR) is 79.9 cm³/mol. The predicted octanol–water partition coefficient (Wildman–Crippen LogP) is 2.31. The fraction of sp³-hybridized carbons (Fsp3) is 0.625. The molecule has 0 amide bonds. The van der Waals surface area contributed by atoms with Gasteiger partial charge in [0, 0.05) is 25.7 Å². The molecule has 3 heteroatoms. The summed E-state index contributed by atoms with van der Waals surface area (Å²) in [6.07, 6.45) is 1.05. The van der Waals surface area contributed by atoms with E-state index in [0.717, 1.165) is 38.4 Å². The summed E-state index contributed by atoms with van der Waals surface area (Å²) in [5.41, 5.74) is 1.55. The second-order valence-electron chi connectivity index (χ2n) is 6.27. The second kappa shape index (κ2) is 6.40. The lowest BCUT2D eigenvalue weighted by Crippen LogP contribution is -2.48. The molecule has 1 atom stereocenters. The van der Waals surface area contributed by atoms with E-state index in [2.05, 4.69) is 55.7 Å². The van der Waals surface area contributed by atoms with Crippen molar-refractivity contribution < 1.29 is 4.74 Å². The van der Waals surface area contributed by atoms with Gasteiger partial charge in [-0.2, -0.15) is 0 Å². The Morgan fingerprint density at radius 1 is 1.16 bits per heavy atom. The van der Waals surface area contributed by atoms with Crippen molar-refractivity contribution in [2.45, 2.75) is 38.6 Å². The summed E-state index contributed by atoms with van der Waals surface area (Å²) in [5.74, 6) is 0.969. The SMILES string of the molecule is CC(C)(C)c1ccc(OCCC2CNCCN2)cc1. The van der Waals surface area contributed by atoms with Crippen molar-refractivity contribution >= 4 is 0 Å². The van der Waals surface area contributed by atoms with Crippen molar-refractivity contribution in [2.75, 3.05) is 26.2 Å². The monoisotopic (exact) mass is 262 g/mol. The van der Waals surface area contributed by atoms with Gasteiger partial charge in [-0.05, 0) is 29.5 Å². The minimum atomic E-state index is 0.205. The third-order valence-corrected chi connectivity index (χ3v) is 3.58. The van der Waals surface area contributed by atoms with Crippen LogP contribution >= 0.6 is 0 Å². The summed E-state index contributed by atoms with van der Waals surface area (Å²) in [7, 11) is 0. The van der Waals surface area contributed by atoms with Gasteiger partial charge in [0.15, 0.2) is 0 Å². The highest BCUT2D eigenvalue weighted by Gasteiger charge is 2.14. The largest absolute Gasteiger partial charge is 0.494 e. The van der Waals surface area contributed by atoms with E-state index in [0.29, 0.717) is 6.04 Å².